The Labute approximate surface area is 186 Å². The fraction of sp³-hybridized carbons (Fsp3) is 0.375. The molecule has 0 radical (unpaired) electrons. The van der Waals surface area contributed by atoms with Crippen LogP contribution in [0, 0.1) is 11.3 Å². The van der Waals surface area contributed by atoms with Gasteiger partial charge in [0.15, 0.2) is 0 Å². The van der Waals surface area contributed by atoms with Crippen LogP contribution in [0.5, 0.6) is 0 Å². The second-order valence-corrected chi connectivity index (χ2v) is 8.43. The van der Waals surface area contributed by atoms with Gasteiger partial charge in [-0.15, -0.1) is 0 Å². The fourth-order valence-electron chi connectivity index (χ4n) is 3.52. The molecule has 32 heavy (non-hydrogen) atoms. The molecule has 172 valence electrons. The summed E-state index contributed by atoms with van der Waals surface area (Å²) in [6.07, 6.45) is -1.05. The molecule has 0 fully saturated rings. The number of fused-ring (bicyclic) bond motifs is 1. The van der Waals surface area contributed by atoms with Crippen LogP contribution in [-0.4, -0.2) is 53.6 Å². The van der Waals surface area contributed by atoms with E-state index in [0.717, 1.165) is 5.39 Å². The van der Waals surface area contributed by atoms with Crippen molar-refractivity contribution in [1.82, 2.24) is 5.32 Å². The van der Waals surface area contributed by atoms with Gasteiger partial charge < -0.3 is 25.0 Å². The Morgan fingerprint density at radius 3 is 2.38 bits per heavy atom. The average Bonchev–Trinajstić information content (AvgIpc) is 2.73. The van der Waals surface area contributed by atoms with Crippen LogP contribution in [-0.2, 0) is 14.3 Å². The molecule has 8 nitrogen and oxygen atoms in total. The first kappa shape index (κ1) is 24.9. The maximum atomic E-state index is 12.7. The zero-order valence-corrected chi connectivity index (χ0v) is 18.4. The average molecular weight is 443 g/mol. The molecule has 1 amide bonds. The van der Waals surface area contributed by atoms with Gasteiger partial charge in [0, 0.05) is 0 Å². The molecule has 1 unspecified atom stereocenters. The first-order valence-corrected chi connectivity index (χ1v) is 10.2. The van der Waals surface area contributed by atoms with Crippen molar-refractivity contribution in [3.8, 4) is 0 Å². The van der Waals surface area contributed by atoms with Crippen LogP contribution in [0.4, 0.5) is 4.79 Å². The minimum atomic E-state index is -1.49. The van der Waals surface area contributed by atoms with E-state index in [0.29, 0.717) is 10.9 Å². The smallest absolute Gasteiger partial charge is 0.407 e. The molecular weight excluding hydrogens is 414 g/mol. The van der Waals surface area contributed by atoms with Gasteiger partial charge in [-0.05, 0) is 22.3 Å². The number of carboxylic acids is 1. The molecule has 0 saturated heterocycles. The Bertz CT molecular complexity index is 974. The quantitative estimate of drug-likeness (QED) is 0.401. The van der Waals surface area contributed by atoms with Gasteiger partial charge in [-0.25, -0.2) is 9.59 Å². The van der Waals surface area contributed by atoms with E-state index < -0.39 is 48.1 Å². The maximum Gasteiger partial charge on any atom is 0.407 e. The second kappa shape index (κ2) is 10.8. The van der Waals surface area contributed by atoms with E-state index >= 15 is 0 Å². The third-order valence-corrected chi connectivity index (χ3v) is 4.98. The third-order valence-electron chi connectivity index (χ3n) is 4.98. The number of carbonyl (C=O) groups is 3. The standard InChI is InChI=1S/C24H29NO7/c1-5-13-31-23(30)25-20(19(21(27)28)24(2,3)4)18(26)14-32-22(29)17-12-8-10-15-9-6-7-11-16(15)17/h5-12,18-20,26H,1,13-14H2,2-4H3,(H,25,30)(H,27,28)/t18-,19?,20+/m0/s1. The molecule has 0 aliphatic carbocycles. The van der Waals surface area contributed by atoms with Gasteiger partial charge in [0.25, 0.3) is 0 Å². The second-order valence-electron chi connectivity index (χ2n) is 8.43. The van der Waals surface area contributed by atoms with Crippen molar-refractivity contribution in [1.29, 1.82) is 0 Å². The predicted octanol–water partition coefficient (Wildman–Crippen LogP) is 3.39. The monoisotopic (exact) mass is 443 g/mol. The summed E-state index contributed by atoms with van der Waals surface area (Å²) in [6, 6.07) is 11.2. The summed E-state index contributed by atoms with van der Waals surface area (Å²) in [5.41, 5.74) is -0.515. The summed E-state index contributed by atoms with van der Waals surface area (Å²) < 4.78 is 10.2. The number of carbonyl (C=O) groups excluding carboxylic acids is 2. The number of hydrogen-bond donors (Lipinski definition) is 3. The summed E-state index contributed by atoms with van der Waals surface area (Å²) in [4.78, 5) is 36.7. The van der Waals surface area contributed by atoms with Crippen molar-refractivity contribution in [3.63, 3.8) is 0 Å². The molecule has 0 heterocycles. The number of esters is 1. The molecule has 2 rings (SSSR count). The highest BCUT2D eigenvalue weighted by Gasteiger charge is 2.43. The van der Waals surface area contributed by atoms with Crippen LogP contribution in [0.1, 0.15) is 31.1 Å². The summed E-state index contributed by atoms with van der Waals surface area (Å²) >= 11 is 0. The zero-order valence-electron chi connectivity index (χ0n) is 18.4. The Hall–Kier alpha value is -3.39. The van der Waals surface area contributed by atoms with Crippen LogP contribution in [0.3, 0.4) is 0 Å². The van der Waals surface area contributed by atoms with Gasteiger partial charge in [0.2, 0.25) is 0 Å². The van der Waals surface area contributed by atoms with E-state index in [-0.39, 0.29) is 6.61 Å². The highest BCUT2D eigenvalue weighted by Crippen LogP contribution is 2.31. The molecule has 3 atom stereocenters. The van der Waals surface area contributed by atoms with Gasteiger partial charge in [-0.2, -0.15) is 0 Å². The van der Waals surface area contributed by atoms with Gasteiger partial charge in [-0.1, -0.05) is 69.8 Å². The van der Waals surface area contributed by atoms with Crippen LogP contribution in [0.25, 0.3) is 10.8 Å². The van der Waals surface area contributed by atoms with E-state index in [9.17, 15) is 24.6 Å². The summed E-state index contributed by atoms with van der Waals surface area (Å²) in [6.45, 7) is 7.85. The number of nitrogens with one attached hydrogen (secondary N) is 1. The molecule has 0 aliphatic rings. The molecule has 2 aromatic rings. The van der Waals surface area contributed by atoms with E-state index in [2.05, 4.69) is 11.9 Å². The highest BCUT2D eigenvalue weighted by atomic mass is 16.6. The number of amides is 1. The number of rotatable bonds is 9. The highest BCUT2D eigenvalue weighted by molar-refractivity contribution is 6.04. The number of aliphatic hydroxyl groups excluding tert-OH is 1. The van der Waals surface area contributed by atoms with E-state index in [4.69, 9.17) is 9.47 Å². The lowest BCUT2D eigenvalue weighted by molar-refractivity contribution is -0.149. The first-order chi connectivity index (χ1) is 15.1. The summed E-state index contributed by atoms with van der Waals surface area (Å²) in [5, 5.41) is 24.5. The van der Waals surface area contributed by atoms with E-state index in [1.54, 1.807) is 45.0 Å². The number of hydrogen-bond acceptors (Lipinski definition) is 6. The molecule has 2 aromatic carbocycles. The van der Waals surface area contributed by atoms with Gasteiger partial charge in [0.05, 0.1) is 17.5 Å². The fourth-order valence-corrected chi connectivity index (χ4v) is 3.52. The van der Waals surface area contributed by atoms with Gasteiger partial charge in [-0.3, -0.25) is 4.79 Å². The predicted molar refractivity (Wildman–Crippen MR) is 119 cm³/mol. The molecule has 0 bridgehead atoms. The van der Waals surface area contributed by atoms with Crippen LogP contribution in [0.2, 0.25) is 0 Å². The molecule has 0 saturated carbocycles. The molecular formula is C24H29NO7. The molecule has 0 aromatic heterocycles. The molecule has 8 heteroatoms. The van der Waals surface area contributed by atoms with Crippen LogP contribution >= 0.6 is 0 Å². The number of carboxylic acid groups (broad SMARTS) is 1. The van der Waals surface area contributed by atoms with Crippen molar-refractivity contribution in [3.05, 3.63) is 60.7 Å². The topological polar surface area (TPSA) is 122 Å². The SMILES string of the molecule is C=CCOC(=O)N[C@@H](C(C(=O)O)C(C)(C)C)[C@@H](O)COC(=O)c1cccc2ccccc12. The minimum Gasteiger partial charge on any atom is -0.481 e. The zero-order chi connectivity index (χ0) is 23.9. The number of aliphatic hydroxyl groups is 1. The minimum absolute atomic E-state index is 0.0853. The normalized spacial score (nSPS) is 14.1. The Balaban J connectivity index is 2.21. The van der Waals surface area contributed by atoms with E-state index in [1.807, 2.05) is 18.2 Å². The van der Waals surface area contributed by atoms with Crippen molar-refractivity contribution in [2.75, 3.05) is 13.2 Å². The van der Waals surface area contributed by atoms with Crippen molar-refractivity contribution >= 4 is 28.8 Å². The molecule has 3 N–H and O–H groups in total. The Kier molecular flexibility index (Phi) is 8.37. The lowest BCUT2D eigenvalue weighted by Crippen LogP contribution is -2.55. The lowest BCUT2D eigenvalue weighted by Gasteiger charge is -2.36. The van der Waals surface area contributed by atoms with Crippen LogP contribution in [0.15, 0.2) is 55.1 Å². The maximum absolute atomic E-state index is 12.7. The van der Waals surface area contributed by atoms with Crippen molar-refractivity contribution < 1.29 is 34.1 Å². The van der Waals surface area contributed by atoms with Gasteiger partial charge in [0.1, 0.15) is 19.3 Å². The van der Waals surface area contributed by atoms with Crippen molar-refractivity contribution in [2.45, 2.75) is 32.9 Å². The Morgan fingerprint density at radius 2 is 1.75 bits per heavy atom. The number of aliphatic carboxylic acids is 1. The lowest BCUT2D eigenvalue weighted by atomic mass is 9.74. The third kappa shape index (κ3) is 6.31. The number of benzene rings is 2. The van der Waals surface area contributed by atoms with Gasteiger partial charge >= 0.3 is 18.0 Å². The van der Waals surface area contributed by atoms with Crippen LogP contribution < -0.4 is 5.32 Å². The van der Waals surface area contributed by atoms with E-state index in [1.165, 1.54) is 6.08 Å². The summed E-state index contributed by atoms with van der Waals surface area (Å²) in [5.74, 6) is -3.08. The molecule has 0 aliphatic heterocycles. The van der Waals surface area contributed by atoms with Crippen molar-refractivity contribution in [2.24, 2.45) is 11.3 Å². The number of alkyl carbamates (subject to hydrolysis) is 1. The number of ether oxygens (including phenoxy) is 2. The first-order valence-electron chi connectivity index (χ1n) is 10.2. The Morgan fingerprint density at radius 1 is 1.09 bits per heavy atom. The largest absolute Gasteiger partial charge is 0.481 e. The molecule has 0 spiro atoms. The summed E-state index contributed by atoms with van der Waals surface area (Å²) in [7, 11) is 0.